The van der Waals surface area contributed by atoms with Crippen LogP contribution in [0.1, 0.15) is 18.4 Å². The van der Waals surface area contributed by atoms with Crippen LogP contribution in [0.3, 0.4) is 0 Å². The summed E-state index contributed by atoms with van der Waals surface area (Å²) in [7, 11) is 1.85. The summed E-state index contributed by atoms with van der Waals surface area (Å²) >= 11 is 0. The molecule has 5 aromatic heterocycles. The number of pyridine rings is 2. The number of hydrogen-bond donors (Lipinski definition) is 1. The first-order chi connectivity index (χ1) is 15.7. The molecule has 32 heavy (non-hydrogen) atoms. The van der Waals surface area contributed by atoms with Crippen LogP contribution >= 0.6 is 0 Å². The summed E-state index contributed by atoms with van der Waals surface area (Å²) in [5.74, 6) is 2.90. The molecule has 0 spiro atoms. The first kappa shape index (κ1) is 19.6. The second-order valence-corrected chi connectivity index (χ2v) is 7.08. The summed E-state index contributed by atoms with van der Waals surface area (Å²) in [4.78, 5) is 13.3. The van der Waals surface area contributed by atoms with E-state index in [9.17, 15) is 0 Å². The molecule has 5 rings (SSSR count). The number of anilines is 2. The van der Waals surface area contributed by atoms with Crippen LogP contribution in [0.2, 0.25) is 0 Å². The molecule has 0 aliphatic rings. The maximum atomic E-state index is 5.56. The van der Waals surface area contributed by atoms with E-state index in [-0.39, 0.29) is 0 Å². The lowest BCUT2D eigenvalue weighted by molar-refractivity contribution is 0.339. The van der Waals surface area contributed by atoms with Crippen LogP contribution in [-0.4, -0.2) is 45.9 Å². The van der Waals surface area contributed by atoms with Crippen molar-refractivity contribution >= 4 is 17.4 Å². The van der Waals surface area contributed by atoms with Crippen molar-refractivity contribution in [1.29, 1.82) is 0 Å². The van der Waals surface area contributed by atoms with Gasteiger partial charge >= 0.3 is 0 Å². The molecule has 0 unspecified atom stereocenters. The minimum atomic E-state index is 0.494. The second kappa shape index (κ2) is 8.42. The monoisotopic (exact) mass is 427 g/mol. The van der Waals surface area contributed by atoms with Crippen molar-refractivity contribution in [2.45, 2.75) is 13.3 Å². The van der Waals surface area contributed by atoms with Crippen LogP contribution in [0.15, 0.2) is 61.2 Å². The van der Waals surface area contributed by atoms with Gasteiger partial charge in [0.05, 0.1) is 30.6 Å². The lowest BCUT2D eigenvalue weighted by atomic mass is 10.2. The second-order valence-electron chi connectivity index (χ2n) is 7.08. The summed E-state index contributed by atoms with van der Waals surface area (Å²) in [6, 6.07) is 11.4. The molecule has 10 nitrogen and oxygen atoms in total. The van der Waals surface area contributed by atoms with Gasteiger partial charge in [0.25, 0.3) is 0 Å². The number of nitrogens with zero attached hydrogens (tertiary/aromatic N) is 8. The number of nitrogens with one attached hydrogen (secondary N) is 1. The van der Waals surface area contributed by atoms with Crippen LogP contribution in [-0.2, 0) is 13.5 Å². The summed E-state index contributed by atoms with van der Waals surface area (Å²) in [5, 5.41) is 16.0. The van der Waals surface area contributed by atoms with Crippen molar-refractivity contribution in [3.05, 3.63) is 72.7 Å². The van der Waals surface area contributed by atoms with Gasteiger partial charge in [-0.05, 0) is 31.2 Å². The van der Waals surface area contributed by atoms with Gasteiger partial charge in [0, 0.05) is 43.3 Å². The summed E-state index contributed by atoms with van der Waals surface area (Å²) in [6.45, 7) is 2.57. The van der Waals surface area contributed by atoms with E-state index in [1.165, 1.54) is 0 Å². The average Bonchev–Trinajstić information content (AvgIpc) is 3.40. The summed E-state index contributed by atoms with van der Waals surface area (Å²) in [5.41, 5.74) is 3.31. The van der Waals surface area contributed by atoms with E-state index in [4.69, 9.17) is 4.74 Å². The predicted molar refractivity (Wildman–Crippen MR) is 119 cm³/mol. The van der Waals surface area contributed by atoms with Crippen LogP contribution in [0.25, 0.3) is 16.9 Å². The van der Waals surface area contributed by atoms with Crippen molar-refractivity contribution in [1.82, 2.24) is 39.3 Å². The lowest BCUT2D eigenvalue weighted by Crippen LogP contribution is -2.03. The van der Waals surface area contributed by atoms with E-state index >= 15 is 0 Å². The maximum Gasteiger partial charge on any atom is 0.228 e. The molecule has 160 valence electrons. The molecule has 0 radical (unpaired) electrons. The van der Waals surface area contributed by atoms with Gasteiger partial charge in [0.15, 0.2) is 5.65 Å². The summed E-state index contributed by atoms with van der Waals surface area (Å²) < 4.78 is 9.24. The molecule has 0 aliphatic carbocycles. The molecule has 0 saturated heterocycles. The molecule has 10 heteroatoms. The highest BCUT2D eigenvalue weighted by Gasteiger charge is 2.11. The van der Waals surface area contributed by atoms with Crippen LogP contribution in [0.5, 0.6) is 5.75 Å². The van der Waals surface area contributed by atoms with Crippen LogP contribution in [0.4, 0.5) is 11.8 Å². The normalized spacial score (nSPS) is 11.1. The topological polar surface area (TPSA) is 108 Å². The van der Waals surface area contributed by atoms with Gasteiger partial charge in [0.2, 0.25) is 5.95 Å². The Kier molecular flexibility index (Phi) is 5.16. The van der Waals surface area contributed by atoms with Gasteiger partial charge in [0.1, 0.15) is 17.4 Å². The van der Waals surface area contributed by atoms with Crippen molar-refractivity contribution in [3.8, 4) is 17.0 Å². The van der Waals surface area contributed by atoms with Gasteiger partial charge in [-0.25, -0.2) is 9.97 Å². The van der Waals surface area contributed by atoms with Crippen molar-refractivity contribution in [2.24, 2.45) is 7.05 Å². The highest BCUT2D eigenvalue weighted by molar-refractivity contribution is 5.65. The number of rotatable bonds is 7. The Hall–Kier alpha value is -4.34. The molecule has 0 bridgehead atoms. The van der Waals surface area contributed by atoms with Gasteiger partial charge < -0.3 is 10.1 Å². The molecular formula is C22H21N9O. The Bertz CT molecular complexity index is 1370. The average molecular weight is 427 g/mol. The largest absolute Gasteiger partial charge is 0.494 e. The van der Waals surface area contributed by atoms with Crippen molar-refractivity contribution in [2.75, 3.05) is 11.9 Å². The molecule has 5 heterocycles. The van der Waals surface area contributed by atoms with Gasteiger partial charge in [-0.1, -0.05) is 0 Å². The number of fused-ring (bicyclic) bond motifs is 1. The first-order valence-electron chi connectivity index (χ1n) is 10.2. The highest BCUT2D eigenvalue weighted by atomic mass is 16.5. The SMILES string of the molecule is CCOc1ccnc(Cc2nnc3cc(-c4ccnc(Nc5ccnn5C)n4)ccn23)c1. The first-order valence-corrected chi connectivity index (χ1v) is 10.2. The molecule has 0 atom stereocenters. The molecule has 0 aromatic carbocycles. The zero-order chi connectivity index (χ0) is 21.9. The zero-order valence-corrected chi connectivity index (χ0v) is 17.7. The minimum absolute atomic E-state index is 0.494. The quantitative estimate of drug-likeness (QED) is 0.422. The summed E-state index contributed by atoms with van der Waals surface area (Å²) in [6.07, 6.45) is 7.67. The Balaban J connectivity index is 1.40. The van der Waals surface area contributed by atoms with Crippen LogP contribution < -0.4 is 10.1 Å². The molecule has 0 fully saturated rings. The van der Waals surface area contributed by atoms with E-state index in [1.54, 1.807) is 23.3 Å². The number of aromatic nitrogens is 8. The van der Waals surface area contributed by atoms with Crippen molar-refractivity contribution < 1.29 is 4.74 Å². The Labute approximate surface area is 184 Å². The highest BCUT2D eigenvalue weighted by Crippen LogP contribution is 2.21. The molecular weight excluding hydrogens is 406 g/mol. The van der Waals surface area contributed by atoms with E-state index in [2.05, 4.69) is 35.6 Å². The molecule has 1 N–H and O–H groups in total. The third-order valence-corrected chi connectivity index (χ3v) is 4.93. The Morgan fingerprint density at radius 3 is 2.75 bits per heavy atom. The van der Waals surface area contributed by atoms with Gasteiger partial charge in [-0.2, -0.15) is 5.10 Å². The van der Waals surface area contributed by atoms with E-state index in [0.717, 1.165) is 40.0 Å². The number of ether oxygens (including phenoxy) is 1. The Morgan fingerprint density at radius 1 is 1.00 bits per heavy atom. The molecule has 0 saturated carbocycles. The molecule has 0 aliphatic heterocycles. The van der Waals surface area contributed by atoms with Crippen LogP contribution in [0, 0.1) is 0 Å². The third kappa shape index (κ3) is 3.97. The Morgan fingerprint density at radius 2 is 1.91 bits per heavy atom. The van der Waals surface area contributed by atoms with E-state index in [0.29, 0.717) is 19.0 Å². The third-order valence-electron chi connectivity index (χ3n) is 4.93. The fourth-order valence-corrected chi connectivity index (χ4v) is 3.38. The van der Waals surface area contributed by atoms with Gasteiger partial charge in [-0.3, -0.25) is 14.1 Å². The number of hydrogen-bond acceptors (Lipinski definition) is 8. The smallest absolute Gasteiger partial charge is 0.228 e. The standard InChI is InChI=1S/C22H21N9O/c1-3-32-17-4-8-23-16(13-17)14-21-29-28-20-12-15(7-11-31(20)21)18-5-9-24-22(26-18)27-19-6-10-25-30(19)2/h4-13H,3,14H2,1-2H3,(H,24,26,27). The fourth-order valence-electron chi connectivity index (χ4n) is 3.38. The van der Waals surface area contributed by atoms with Gasteiger partial charge in [-0.15, -0.1) is 10.2 Å². The molecule has 5 aromatic rings. The zero-order valence-electron chi connectivity index (χ0n) is 17.7. The molecule has 0 amide bonds. The van der Waals surface area contributed by atoms with E-state index in [1.807, 2.05) is 61.0 Å². The maximum absolute atomic E-state index is 5.56. The lowest BCUT2D eigenvalue weighted by Gasteiger charge is -2.07. The fraction of sp³-hybridized carbons (Fsp3) is 0.182. The number of aryl methyl sites for hydroxylation is 1. The predicted octanol–water partition coefficient (Wildman–Crippen LogP) is 3.05. The van der Waals surface area contributed by atoms with E-state index < -0.39 is 0 Å². The minimum Gasteiger partial charge on any atom is -0.494 e. The van der Waals surface area contributed by atoms with Crippen molar-refractivity contribution in [3.63, 3.8) is 0 Å².